The fourth-order valence-corrected chi connectivity index (χ4v) is 1.84. The molecule has 0 saturated carbocycles. The van der Waals surface area contributed by atoms with E-state index < -0.39 is 0 Å². The quantitative estimate of drug-likeness (QED) is 0.874. The lowest BCUT2D eigenvalue weighted by Crippen LogP contribution is -2.36. The molecule has 2 N–H and O–H groups in total. The zero-order chi connectivity index (χ0) is 12.1. The van der Waals surface area contributed by atoms with Crippen molar-refractivity contribution in [3.05, 3.63) is 34.1 Å². The molecule has 0 aliphatic rings. The van der Waals surface area contributed by atoms with Crippen molar-refractivity contribution >= 4 is 15.9 Å². The van der Waals surface area contributed by atoms with E-state index in [1.807, 2.05) is 19.9 Å². The number of rotatable bonds is 5. The molecule has 0 fully saturated rings. The van der Waals surface area contributed by atoms with Gasteiger partial charge in [-0.3, -0.25) is 0 Å². The van der Waals surface area contributed by atoms with Crippen molar-refractivity contribution in [1.29, 1.82) is 0 Å². The van der Waals surface area contributed by atoms with Crippen LogP contribution < -0.4 is 5.32 Å². The number of aliphatic hydroxyl groups excluding tert-OH is 1. The van der Waals surface area contributed by atoms with Crippen molar-refractivity contribution in [2.45, 2.75) is 26.4 Å². The zero-order valence-corrected chi connectivity index (χ0v) is 11.1. The van der Waals surface area contributed by atoms with Crippen molar-refractivity contribution in [2.24, 2.45) is 5.92 Å². The third kappa shape index (κ3) is 3.54. The minimum absolute atomic E-state index is 0.0372. The molecule has 90 valence electrons. The van der Waals surface area contributed by atoms with Gasteiger partial charge in [-0.15, -0.1) is 0 Å². The van der Waals surface area contributed by atoms with Gasteiger partial charge in [-0.2, -0.15) is 0 Å². The second kappa shape index (κ2) is 6.33. The Morgan fingerprint density at radius 1 is 1.44 bits per heavy atom. The highest BCUT2D eigenvalue weighted by molar-refractivity contribution is 9.10. The maximum atomic E-state index is 13.2. The molecule has 2 nitrogen and oxygen atoms in total. The Morgan fingerprint density at radius 2 is 2.12 bits per heavy atom. The molecule has 0 bridgehead atoms. The summed E-state index contributed by atoms with van der Waals surface area (Å²) in [7, 11) is 0. The predicted molar refractivity (Wildman–Crippen MR) is 66.7 cm³/mol. The van der Waals surface area contributed by atoms with Crippen molar-refractivity contribution in [2.75, 3.05) is 6.61 Å². The van der Waals surface area contributed by atoms with E-state index in [2.05, 4.69) is 21.2 Å². The van der Waals surface area contributed by atoms with E-state index in [1.165, 1.54) is 6.07 Å². The number of hydrogen-bond donors (Lipinski definition) is 2. The Hall–Kier alpha value is -0.450. The summed E-state index contributed by atoms with van der Waals surface area (Å²) in [4.78, 5) is 0. The lowest BCUT2D eigenvalue weighted by atomic mass is 10.1. The van der Waals surface area contributed by atoms with Crippen molar-refractivity contribution in [3.8, 4) is 0 Å². The predicted octanol–water partition coefficient (Wildman–Crippen LogP) is 2.69. The molecule has 1 aromatic rings. The third-order valence-electron chi connectivity index (χ3n) is 2.59. The molecule has 0 aromatic heterocycles. The van der Waals surface area contributed by atoms with Crippen LogP contribution in [0.1, 0.15) is 19.4 Å². The van der Waals surface area contributed by atoms with Crippen molar-refractivity contribution in [1.82, 2.24) is 5.32 Å². The van der Waals surface area contributed by atoms with Crippen LogP contribution in [0.25, 0.3) is 0 Å². The van der Waals surface area contributed by atoms with Gasteiger partial charge in [0.25, 0.3) is 0 Å². The Labute approximate surface area is 104 Å². The molecule has 0 heterocycles. The molecule has 0 amide bonds. The number of hydrogen-bond acceptors (Lipinski definition) is 2. The SMILES string of the molecule is CC(C)C(CO)NCc1cccc(F)c1Br. The first kappa shape index (κ1) is 13.6. The summed E-state index contributed by atoms with van der Waals surface area (Å²) < 4.78 is 13.7. The Kier molecular flexibility index (Phi) is 5.38. The van der Waals surface area contributed by atoms with E-state index in [0.717, 1.165) is 5.56 Å². The average Bonchev–Trinajstić information content (AvgIpc) is 2.24. The second-order valence-corrected chi connectivity index (χ2v) is 4.92. The summed E-state index contributed by atoms with van der Waals surface area (Å²) in [6, 6.07) is 4.99. The molecule has 1 atom stereocenters. The number of benzene rings is 1. The minimum Gasteiger partial charge on any atom is -0.395 e. The molecular formula is C12H17BrFNO. The van der Waals surface area contributed by atoms with E-state index in [1.54, 1.807) is 6.07 Å². The van der Waals surface area contributed by atoms with Crippen molar-refractivity contribution in [3.63, 3.8) is 0 Å². The fraction of sp³-hybridized carbons (Fsp3) is 0.500. The molecule has 1 unspecified atom stereocenters. The van der Waals surface area contributed by atoms with Crippen LogP contribution in [-0.2, 0) is 6.54 Å². The molecule has 1 aromatic carbocycles. The third-order valence-corrected chi connectivity index (χ3v) is 3.48. The molecule has 0 aliphatic carbocycles. The highest BCUT2D eigenvalue weighted by Gasteiger charge is 2.12. The summed E-state index contributed by atoms with van der Waals surface area (Å²) >= 11 is 3.21. The highest BCUT2D eigenvalue weighted by atomic mass is 79.9. The van der Waals surface area contributed by atoms with E-state index in [0.29, 0.717) is 16.9 Å². The molecule has 0 spiro atoms. The van der Waals surface area contributed by atoms with Crippen LogP contribution in [0.5, 0.6) is 0 Å². The normalized spacial score (nSPS) is 13.1. The van der Waals surface area contributed by atoms with Gasteiger partial charge in [-0.05, 0) is 33.5 Å². The molecule has 4 heteroatoms. The van der Waals surface area contributed by atoms with Crippen LogP contribution in [0, 0.1) is 11.7 Å². The highest BCUT2D eigenvalue weighted by Crippen LogP contribution is 2.20. The minimum atomic E-state index is -0.260. The fourth-order valence-electron chi connectivity index (χ4n) is 1.44. The first-order valence-corrected chi connectivity index (χ1v) is 6.12. The maximum Gasteiger partial charge on any atom is 0.137 e. The van der Waals surface area contributed by atoms with Gasteiger partial charge in [0, 0.05) is 12.6 Å². The van der Waals surface area contributed by atoms with Gasteiger partial charge in [0.15, 0.2) is 0 Å². The summed E-state index contributed by atoms with van der Waals surface area (Å²) in [5.74, 6) is 0.0849. The number of nitrogens with one attached hydrogen (secondary N) is 1. The van der Waals surface area contributed by atoms with Gasteiger partial charge in [-0.25, -0.2) is 4.39 Å². The van der Waals surface area contributed by atoms with Crippen LogP contribution in [0.2, 0.25) is 0 Å². The van der Waals surface area contributed by atoms with Gasteiger partial charge in [0.1, 0.15) is 5.82 Å². The lowest BCUT2D eigenvalue weighted by Gasteiger charge is -2.20. The van der Waals surface area contributed by atoms with Crippen LogP contribution in [0.3, 0.4) is 0 Å². The van der Waals surface area contributed by atoms with Crippen LogP contribution >= 0.6 is 15.9 Å². The van der Waals surface area contributed by atoms with Gasteiger partial charge in [-0.1, -0.05) is 26.0 Å². The van der Waals surface area contributed by atoms with Crippen LogP contribution in [0.15, 0.2) is 22.7 Å². The Morgan fingerprint density at radius 3 is 2.69 bits per heavy atom. The zero-order valence-electron chi connectivity index (χ0n) is 9.50. The van der Waals surface area contributed by atoms with E-state index in [-0.39, 0.29) is 18.5 Å². The molecule has 0 aliphatic heterocycles. The summed E-state index contributed by atoms with van der Waals surface area (Å²) in [6.07, 6.45) is 0. The topological polar surface area (TPSA) is 32.3 Å². The van der Waals surface area contributed by atoms with Crippen LogP contribution in [-0.4, -0.2) is 17.8 Å². The average molecular weight is 290 g/mol. The van der Waals surface area contributed by atoms with Crippen LogP contribution in [0.4, 0.5) is 4.39 Å². The van der Waals surface area contributed by atoms with Gasteiger partial charge in [0.2, 0.25) is 0 Å². The summed E-state index contributed by atoms with van der Waals surface area (Å²) in [5.41, 5.74) is 0.860. The van der Waals surface area contributed by atoms with Gasteiger partial charge in [0.05, 0.1) is 11.1 Å². The lowest BCUT2D eigenvalue weighted by molar-refractivity contribution is 0.210. The Bertz CT molecular complexity index is 344. The molecule has 1 rings (SSSR count). The standard InChI is InChI=1S/C12H17BrFNO/c1-8(2)11(7-16)15-6-9-4-3-5-10(14)12(9)13/h3-5,8,11,15-16H,6-7H2,1-2H3. The van der Waals surface area contributed by atoms with E-state index in [9.17, 15) is 4.39 Å². The summed E-state index contributed by atoms with van der Waals surface area (Å²) in [5, 5.41) is 12.4. The maximum absolute atomic E-state index is 13.2. The molecule has 0 saturated heterocycles. The summed E-state index contributed by atoms with van der Waals surface area (Å²) in [6.45, 7) is 4.70. The second-order valence-electron chi connectivity index (χ2n) is 4.13. The van der Waals surface area contributed by atoms with E-state index in [4.69, 9.17) is 5.11 Å². The first-order valence-electron chi connectivity index (χ1n) is 5.33. The smallest absolute Gasteiger partial charge is 0.137 e. The Balaban J connectivity index is 2.64. The monoisotopic (exact) mass is 289 g/mol. The van der Waals surface area contributed by atoms with Gasteiger partial charge < -0.3 is 10.4 Å². The molecular weight excluding hydrogens is 273 g/mol. The molecule has 0 radical (unpaired) electrons. The van der Waals surface area contributed by atoms with Crippen molar-refractivity contribution < 1.29 is 9.50 Å². The largest absolute Gasteiger partial charge is 0.395 e. The number of halogens is 2. The van der Waals surface area contributed by atoms with Gasteiger partial charge >= 0.3 is 0 Å². The number of aliphatic hydroxyl groups is 1. The first-order chi connectivity index (χ1) is 7.56. The molecule has 16 heavy (non-hydrogen) atoms. The van der Waals surface area contributed by atoms with E-state index >= 15 is 0 Å².